The van der Waals surface area contributed by atoms with Gasteiger partial charge in [0.15, 0.2) is 0 Å². The summed E-state index contributed by atoms with van der Waals surface area (Å²) in [6, 6.07) is 36.4. The van der Waals surface area contributed by atoms with Crippen LogP contribution in [0.15, 0.2) is 97.1 Å². The van der Waals surface area contributed by atoms with Gasteiger partial charge in [0.2, 0.25) is 0 Å². The fraction of sp³-hybridized carbons (Fsp3) is 0.440. The third-order valence-corrected chi connectivity index (χ3v) is 69.3. The molecule has 0 radical (unpaired) electrons. The SMILES string of the molecule is CCCCCC[Si](CCCCCC)=[Hf]([CH3])([CH3])([CH]1C=Cc2c(-c3cccc(C(C)C)c3)cccc21)[CH]1C=Cc2c(-c3cccc(C(C)C)c3)cccc21. The van der Waals surface area contributed by atoms with E-state index in [9.17, 15) is 0 Å². The van der Waals surface area contributed by atoms with Crippen molar-refractivity contribution in [3.8, 4) is 22.3 Å². The standard InChI is InChI=1S/2C18H17.C12H26Si.2CH3.Hf/c2*1-13(2)15-8-3-9-16(12-15)18-11-5-7-14-6-4-10-17(14)18;1-3-5-7-9-11-13-12-10-8-6-4-2;;;/h2*3-13H,1-2H3;3-12H2,1-2H3;2*1H3;. The molecule has 0 aliphatic heterocycles. The average molecular weight is 874 g/mol. The quantitative estimate of drug-likeness (QED) is 0.0777. The summed E-state index contributed by atoms with van der Waals surface area (Å²) < 4.78 is 7.11. The molecule has 0 spiro atoms. The monoisotopic (exact) mass is 874 g/mol. The molecule has 2 atom stereocenters. The number of fused-ring (bicyclic) bond motifs is 2. The van der Waals surface area contributed by atoms with E-state index in [2.05, 4.69) is 160 Å². The molecule has 2 aliphatic rings. The maximum absolute atomic E-state index is 4.01. The third kappa shape index (κ3) is 7.68. The zero-order valence-electron chi connectivity index (χ0n) is 33.8. The first kappa shape index (κ1) is 39.1. The van der Waals surface area contributed by atoms with Crippen LogP contribution in [0.25, 0.3) is 34.4 Å². The number of rotatable bonds is 16. The molecule has 0 aromatic heterocycles. The zero-order valence-corrected chi connectivity index (χ0v) is 38.4. The van der Waals surface area contributed by atoms with E-state index in [0.717, 1.165) is 0 Å². The third-order valence-electron chi connectivity index (χ3n) is 13.3. The summed E-state index contributed by atoms with van der Waals surface area (Å²) in [5.74, 6) is 1.05. The number of hydrogen-bond acceptors (Lipinski definition) is 0. The predicted octanol–water partition coefficient (Wildman–Crippen LogP) is 16.0. The van der Waals surface area contributed by atoms with Crippen LogP contribution in [-0.4, -0.2) is 5.49 Å². The van der Waals surface area contributed by atoms with Gasteiger partial charge < -0.3 is 0 Å². The summed E-state index contributed by atoms with van der Waals surface area (Å²) in [4.78, 5) is 0. The van der Waals surface area contributed by atoms with Crippen molar-refractivity contribution in [1.82, 2.24) is 0 Å². The van der Waals surface area contributed by atoms with Gasteiger partial charge in [0.1, 0.15) is 0 Å². The molecule has 2 unspecified atom stereocenters. The van der Waals surface area contributed by atoms with E-state index in [4.69, 9.17) is 0 Å². The Balaban J connectivity index is 1.55. The van der Waals surface area contributed by atoms with Crippen molar-refractivity contribution in [3.63, 3.8) is 0 Å². The van der Waals surface area contributed by atoms with E-state index in [1.807, 2.05) is 0 Å². The number of unbranched alkanes of at least 4 members (excludes halogenated alkanes) is 6. The van der Waals surface area contributed by atoms with Gasteiger partial charge in [-0.05, 0) is 0 Å². The Labute approximate surface area is 318 Å². The predicted molar refractivity (Wildman–Crippen MR) is 231 cm³/mol. The molecule has 52 heavy (non-hydrogen) atoms. The van der Waals surface area contributed by atoms with Crippen molar-refractivity contribution in [2.24, 2.45) is 0 Å². The number of allylic oxidation sites excluding steroid dienone is 2. The van der Waals surface area contributed by atoms with Crippen molar-refractivity contribution < 1.29 is 17.1 Å². The van der Waals surface area contributed by atoms with Crippen molar-refractivity contribution in [1.29, 1.82) is 0 Å². The summed E-state index contributed by atoms with van der Waals surface area (Å²) in [6.45, 7) is 14.0. The summed E-state index contributed by atoms with van der Waals surface area (Å²) in [5, 5.41) is 0. The molecule has 2 heteroatoms. The summed E-state index contributed by atoms with van der Waals surface area (Å²) in [6.07, 6.45) is 21.6. The molecule has 4 aromatic rings. The molecule has 0 amide bonds. The van der Waals surface area contributed by atoms with Gasteiger partial charge in [0, 0.05) is 0 Å². The van der Waals surface area contributed by atoms with Crippen LogP contribution in [-0.2, 0) is 17.1 Å². The molecule has 274 valence electrons. The van der Waals surface area contributed by atoms with Gasteiger partial charge in [-0.25, -0.2) is 0 Å². The van der Waals surface area contributed by atoms with Crippen molar-refractivity contribution in [3.05, 3.63) is 130 Å². The Morgan fingerprint density at radius 2 is 0.962 bits per heavy atom. The van der Waals surface area contributed by atoms with Crippen LogP contribution < -0.4 is 0 Å². The molecular weight excluding hydrogens is 807 g/mol. The van der Waals surface area contributed by atoms with Crippen LogP contribution >= 0.6 is 0 Å². The Bertz CT molecular complexity index is 1860. The van der Waals surface area contributed by atoms with Crippen molar-refractivity contribution in [2.75, 3.05) is 0 Å². The van der Waals surface area contributed by atoms with Gasteiger partial charge in [-0.15, -0.1) is 0 Å². The topological polar surface area (TPSA) is 0 Å². The van der Waals surface area contributed by atoms with Crippen molar-refractivity contribution in [2.45, 2.75) is 134 Å². The normalized spacial score (nSPS) is 16.6. The average Bonchev–Trinajstić information content (AvgIpc) is 3.81. The number of benzene rings is 4. The van der Waals surface area contributed by atoms with Crippen LogP contribution in [0.5, 0.6) is 0 Å². The first-order valence-corrected chi connectivity index (χ1v) is 39.6. The van der Waals surface area contributed by atoms with Crippen LogP contribution in [0.3, 0.4) is 0 Å². The van der Waals surface area contributed by atoms with Crippen LogP contribution in [0.2, 0.25) is 21.4 Å². The second-order valence-electron chi connectivity index (χ2n) is 17.7. The molecule has 0 saturated heterocycles. The Hall–Kier alpha value is -2.55. The van der Waals surface area contributed by atoms with E-state index in [0.29, 0.717) is 19.2 Å². The maximum atomic E-state index is 2.98. The Morgan fingerprint density at radius 3 is 1.37 bits per heavy atom. The molecule has 6 rings (SSSR count). The second kappa shape index (κ2) is 16.9. The minimum absolute atomic E-state index is 0.524. The molecule has 0 nitrogen and oxygen atoms in total. The fourth-order valence-electron chi connectivity index (χ4n) is 9.93. The first-order valence-electron chi connectivity index (χ1n) is 21.0. The molecule has 0 bridgehead atoms. The van der Waals surface area contributed by atoms with Crippen LogP contribution in [0.1, 0.15) is 145 Å². The number of hydrogen-bond donors (Lipinski definition) is 0. The molecule has 0 heterocycles. The molecule has 0 fully saturated rings. The van der Waals surface area contributed by atoms with Crippen molar-refractivity contribution >= 4 is 17.6 Å². The van der Waals surface area contributed by atoms with E-state index in [1.165, 1.54) is 108 Å². The fourth-order valence-corrected chi connectivity index (χ4v) is 63.4. The van der Waals surface area contributed by atoms with Gasteiger partial charge >= 0.3 is 321 Å². The summed E-state index contributed by atoms with van der Waals surface area (Å²) in [7, 11) is 0. The molecule has 2 aliphatic carbocycles. The van der Waals surface area contributed by atoms with Gasteiger partial charge in [-0.2, -0.15) is 0 Å². The van der Waals surface area contributed by atoms with Crippen LogP contribution in [0, 0.1) is 0 Å². The first-order chi connectivity index (χ1) is 25.1. The van der Waals surface area contributed by atoms with E-state index < -0.39 is 22.6 Å². The molecule has 4 aromatic carbocycles. The van der Waals surface area contributed by atoms with Crippen LogP contribution in [0.4, 0.5) is 0 Å². The minimum atomic E-state index is -4.01. The van der Waals surface area contributed by atoms with E-state index in [1.54, 1.807) is 11.1 Å². The van der Waals surface area contributed by atoms with Gasteiger partial charge in [0.05, 0.1) is 0 Å². The van der Waals surface area contributed by atoms with Gasteiger partial charge in [-0.1, -0.05) is 0 Å². The zero-order chi connectivity index (χ0) is 36.9. The Morgan fingerprint density at radius 1 is 0.538 bits per heavy atom. The van der Waals surface area contributed by atoms with Gasteiger partial charge in [-0.3, -0.25) is 0 Å². The molecular formula is C50H66HfSi. The molecule has 0 N–H and O–H groups in total. The van der Waals surface area contributed by atoms with Gasteiger partial charge in [0.25, 0.3) is 0 Å². The molecule has 0 saturated carbocycles. The Kier molecular flexibility index (Phi) is 12.7. The second-order valence-corrected chi connectivity index (χ2v) is 63.6. The van der Waals surface area contributed by atoms with E-state index >= 15 is 0 Å². The summed E-state index contributed by atoms with van der Waals surface area (Å²) in [5.41, 5.74) is 14.1. The van der Waals surface area contributed by atoms with E-state index in [-0.39, 0.29) is 0 Å². The summed E-state index contributed by atoms with van der Waals surface area (Å²) >= 11 is -4.01.